The Kier molecular flexibility index (Phi) is 3.97. The second-order valence-electron chi connectivity index (χ2n) is 5.13. The van der Waals surface area contributed by atoms with E-state index in [-0.39, 0.29) is 6.54 Å². The van der Waals surface area contributed by atoms with E-state index in [0.717, 1.165) is 28.3 Å². The first-order valence-corrected chi connectivity index (χ1v) is 7.14. The van der Waals surface area contributed by atoms with Gasteiger partial charge in [0.15, 0.2) is 5.60 Å². The summed E-state index contributed by atoms with van der Waals surface area (Å²) >= 11 is 1.25. The SMILES string of the molecule is Cc1ccnc2sc(C(=O)NCC(C)(O)C(=O)O)c(C)c12. The number of carbonyl (C=O) groups is 2. The number of carboxylic acid groups (broad SMARTS) is 1. The Labute approximate surface area is 125 Å². The smallest absolute Gasteiger partial charge is 0.337 e. The van der Waals surface area contributed by atoms with Gasteiger partial charge >= 0.3 is 5.97 Å². The summed E-state index contributed by atoms with van der Waals surface area (Å²) in [5.74, 6) is -1.79. The van der Waals surface area contributed by atoms with Crippen molar-refractivity contribution in [3.63, 3.8) is 0 Å². The van der Waals surface area contributed by atoms with Crippen LogP contribution in [-0.4, -0.2) is 39.2 Å². The molecule has 0 spiro atoms. The van der Waals surface area contributed by atoms with Crippen molar-refractivity contribution in [2.24, 2.45) is 0 Å². The van der Waals surface area contributed by atoms with Crippen LogP contribution in [0.2, 0.25) is 0 Å². The third-order valence-electron chi connectivity index (χ3n) is 3.30. The number of pyridine rings is 1. The van der Waals surface area contributed by atoms with E-state index in [0.29, 0.717) is 4.88 Å². The van der Waals surface area contributed by atoms with Crippen molar-refractivity contribution in [3.05, 3.63) is 28.3 Å². The third kappa shape index (κ3) is 2.88. The molecule has 2 aromatic rings. The highest BCUT2D eigenvalue weighted by atomic mass is 32.1. The van der Waals surface area contributed by atoms with E-state index in [1.54, 1.807) is 6.20 Å². The maximum Gasteiger partial charge on any atom is 0.337 e. The average molecular weight is 308 g/mol. The quantitative estimate of drug-likeness (QED) is 0.794. The van der Waals surface area contributed by atoms with Crippen molar-refractivity contribution in [2.45, 2.75) is 26.4 Å². The van der Waals surface area contributed by atoms with Crippen LogP contribution in [0.4, 0.5) is 0 Å². The van der Waals surface area contributed by atoms with Crippen molar-refractivity contribution < 1.29 is 19.8 Å². The highest BCUT2D eigenvalue weighted by molar-refractivity contribution is 7.20. The van der Waals surface area contributed by atoms with Gasteiger partial charge in [-0.05, 0) is 38.0 Å². The predicted molar refractivity (Wildman–Crippen MR) is 79.7 cm³/mol. The molecule has 1 amide bonds. The second-order valence-corrected chi connectivity index (χ2v) is 6.12. The molecule has 0 radical (unpaired) electrons. The van der Waals surface area contributed by atoms with E-state index in [2.05, 4.69) is 10.3 Å². The van der Waals surface area contributed by atoms with Crippen LogP contribution in [0.3, 0.4) is 0 Å². The minimum absolute atomic E-state index is 0.360. The van der Waals surface area contributed by atoms with Crippen LogP contribution in [0.1, 0.15) is 27.7 Å². The third-order valence-corrected chi connectivity index (χ3v) is 4.50. The van der Waals surface area contributed by atoms with Gasteiger partial charge in [-0.2, -0.15) is 0 Å². The number of carboxylic acids is 1. The van der Waals surface area contributed by atoms with Gasteiger partial charge in [-0.3, -0.25) is 4.79 Å². The summed E-state index contributed by atoms with van der Waals surface area (Å²) in [5, 5.41) is 21.8. The maximum absolute atomic E-state index is 12.2. The monoisotopic (exact) mass is 308 g/mol. The van der Waals surface area contributed by atoms with Gasteiger partial charge in [0.1, 0.15) is 4.83 Å². The zero-order valence-corrected chi connectivity index (χ0v) is 12.7. The van der Waals surface area contributed by atoms with Gasteiger partial charge in [0.2, 0.25) is 0 Å². The largest absolute Gasteiger partial charge is 0.479 e. The molecule has 0 saturated heterocycles. The standard InChI is InChI=1S/C14H16N2O4S/c1-7-4-5-15-12-9(7)8(2)10(21-12)11(17)16-6-14(3,20)13(18)19/h4-5,20H,6H2,1-3H3,(H,16,17)(H,18,19). The van der Waals surface area contributed by atoms with E-state index in [4.69, 9.17) is 5.11 Å². The van der Waals surface area contributed by atoms with Crippen molar-refractivity contribution in [2.75, 3.05) is 6.54 Å². The number of aryl methyl sites for hydroxylation is 2. The molecule has 0 fully saturated rings. The van der Waals surface area contributed by atoms with E-state index < -0.39 is 17.5 Å². The molecule has 6 nitrogen and oxygen atoms in total. The van der Waals surface area contributed by atoms with Gasteiger partial charge in [0, 0.05) is 11.6 Å². The fraction of sp³-hybridized carbons (Fsp3) is 0.357. The lowest BCUT2D eigenvalue weighted by molar-refractivity contribution is -0.155. The van der Waals surface area contributed by atoms with E-state index in [1.807, 2.05) is 19.9 Å². The number of nitrogens with zero attached hydrogens (tertiary/aromatic N) is 1. The normalized spacial score (nSPS) is 13.9. The fourth-order valence-electron chi connectivity index (χ4n) is 1.98. The number of fused-ring (bicyclic) bond motifs is 1. The van der Waals surface area contributed by atoms with Crippen molar-refractivity contribution in [1.82, 2.24) is 10.3 Å². The van der Waals surface area contributed by atoms with Gasteiger partial charge in [0.25, 0.3) is 5.91 Å². The Morgan fingerprint density at radius 2 is 2.10 bits per heavy atom. The Morgan fingerprint density at radius 3 is 2.67 bits per heavy atom. The number of rotatable bonds is 4. The number of aromatic nitrogens is 1. The Morgan fingerprint density at radius 1 is 1.43 bits per heavy atom. The van der Waals surface area contributed by atoms with Gasteiger partial charge in [-0.25, -0.2) is 9.78 Å². The van der Waals surface area contributed by atoms with Crippen LogP contribution < -0.4 is 5.32 Å². The molecule has 3 N–H and O–H groups in total. The highest BCUT2D eigenvalue weighted by Gasteiger charge is 2.31. The van der Waals surface area contributed by atoms with Gasteiger partial charge < -0.3 is 15.5 Å². The number of hydrogen-bond acceptors (Lipinski definition) is 5. The van der Waals surface area contributed by atoms with Crippen LogP contribution in [0, 0.1) is 13.8 Å². The number of hydrogen-bond donors (Lipinski definition) is 3. The number of aliphatic hydroxyl groups is 1. The summed E-state index contributed by atoms with van der Waals surface area (Å²) in [7, 11) is 0. The maximum atomic E-state index is 12.2. The van der Waals surface area contributed by atoms with Crippen LogP contribution in [-0.2, 0) is 4.79 Å². The predicted octanol–water partition coefficient (Wildman–Crippen LogP) is 1.48. The molecule has 7 heteroatoms. The lowest BCUT2D eigenvalue weighted by Crippen LogP contribution is -2.46. The zero-order valence-electron chi connectivity index (χ0n) is 11.9. The van der Waals surface area contributed by atoms with Gasteiger partial charge in [0.05, 0.1) is 11.4 Å². The Hall–Kier alpha value is -1.99. The van der Waals surface area contributed by atoms with E-state index in [9.17, 15) is 14.7 Å². The molecule has 1 unspecified atom stereocenters. The summed E-state index contributed by atoms with van der Waals surface area (Å²) in [6.45, 7) is 4.55. The molecule has 112 valence electrons. The molecule has 0 aromatic carbocycles. The van der Waals surface area contributed by atoms with Gasteiger partial charge in [-0.1, -0.05) is 0 Å². The second kappa shape index (κ2) is 5.42. The summed E-state index contributed by atoms with van der Waals surface area (Å²) in [4.78, 5) is 28.5. The van der Waals surface area contributed by atoms with Crippen molar-refractivity contribution in [1.29, 1.82) is 0 Å². The summed E-state index contributed by atoms with van der Waals surface area (Å²) in [6.07, 6.45) is 1.69. The van der Waals surface area contributed by atoms with Crippen molar-refractivity contribution in [3.8, 4) is 0 Å². The lowest BCUT2D eigenvalue weighted by Gasteiger charge is -2.18. The summed E-state index contributed by atoms with van der Waals surface area (Å²) in [6, 6.07) is 1.87. The number of carbonyl (C=O) groups excluding carboxylic acids is 1. The van der Waals surface area contributed by atoms with Crippen LogP contribution in [0.25, 0.3) is 10.2 Å². The Bertz CT molecular complexity index is 721. The average Bonchev–Trinajstić information content (AvgIpc) is 2.75. The first-order chi connectivity index (χ1) is 9.74. The number of nitrogens with one attached hydrogen (secondary N) is 1. The molecule has 0 aliphatic heterocycles. The van der Waals surface area contributed by atoms with Gasteiger partial charge in [-0.15, -0.1) is 11.3 Å². The molecule has 0 aliphatic carbocycles. The van der Waals surface area contributed by atoms with E-state index in [1.165, 1.54) is 11.3 Å². The molecule has 0 bridgehead atoms. The topological polar surface area (TPSA) is 99.5 Å². The lowest BCUT2D eigenvalue weighted by atomic mass is 10.1. The van der Waals surface area contributed by atoms with Crippen molar-refractivity contribution >= 4 is 33.4 Å². The first-order valence-electron chi connectivity index (χ1n) is 6.32. The Balaban J connectivity index is 2.27. The van der Waals surface area contributed by atoms with Crippen LogP contribution in [0.15, 0.2) is 12.3 Å². The van der Waals surface area contributed by atoms with Crippen LogP contribution >= 0.6 is 11.3 Å². The molecule has 0 aliphatic rings. The summed E-state index contributed by atoms with van der Waals surface area (Å²) < 4.78 is 0. The molecule has 0 saturated carbocycles. The minimum atomic E-state index is -1.99. The molecular weight excluding hydrogens is 292 g/mol. The number of aliphatic carboxylic acids is 1. The molecule has 2 aromatic heterocycles. The first kappa shape index (κ1) is 15.4. The molecule has 1 atom stereocenters. The number of thiophene rings is 1. The zero-order chi connectivity index (χ0) is 15.8. The minimum Gasteiger partial charge on any atom is -0.479 e. The van der Waals surface area contributed by atoms with E-state index >= 15 is 0 Å². The fourth-order valence-corrected chi connectivity index (χ4v) is 3.12. The highest BCUT2D eigenvalue weighted by Crippen LogP contribution is 2.31. The summed E-state index contributed by atoms with van der Waals surface area (Å²) in [5.41, 5.74) is -0.146. The van der Waals surface area contributed by atoms with Crippen LogP contribution in [0.5, 0.6) is 0 Å². The molecule has 21 heavy (non-hydrogen) atoms. The number of amides is 1. The molecular formula is C14H16N2O4S. The molecule has 2 rings (SSSR count). The molecule has 2 heterocycles.